The molecule has 1 aliphatic heterocycles. The zero-order chi connectivity index (χ0) is 12.7. The molecule has 0 radical (unpaired) electrons. The van der Waals surface area contributed by atoms with Gasteiger partial charge >= 0.3 is 0 Å². The zero-order valence-corrected chi connectivity index (χ0v) is 11.1. The van der Waals surface area contributed by atoms with Crippen LogP contribution in [0, 0.1) is 0 Å². The minimum atomic E-state index is 0.339. The van der Waals surface area contributed by atoms with E-state index >= 15 is 0 Å². The van der Waals surface area contributed by atoms with E-state index in [-0.39, 0.29) is 0 Å². The average molecular weight is 240 g/mol. The second-order valence-electron chi connectivity index (χ2n) is 4.50. The lowest BCUT2D eigenvalue weighted by Gasteiger charge is -2.36. The van der Waals surface area contributed by atoms with E-state index in [0.717, 1.165) is 32.7 Å². The summed E-state index contributed by atoms with van der Waals surface area (Å²) in [6.45, 7) is 9.86. The first-order valence-electron chi connectivity index (χ1n) is 6.11. The molecule has 1 fully saturated rings. The molecule has 0 saturated carbocycles. The van der Waals surface area contributed by atoms with Crippen molar-refractivity contribution in [1.29, 1.82) is 0 Å². The Labute approximate surface area is 104 Å². The Kier molecular flexibility index (Phi) is 6.00. The number of nitrogens with two attached hydrogens (primary N) is 1. The Morgan fingerprint density at radius 2 is 2.00 bits per heavy atom. The van der Waals surface area contributed by atoms with Crippen LogP contribution in [0.25, 0.3) is 0 Å². The van der Waals surface area contributed by atoms with Crippen molar-refractivity contribution in [3.05, 3.63) is 12.1 Å². The Morgan fingerprint density at radius 1 is 1.35 bits per heavy atom. The number of hydrogen-bond acceptors (Lipinski definition) is 5. The maximum absolute atomic E-state index is 5.45. The largest absolute Gasteiger partial charge is 0.482 e. The van der Waals surface area contributed by atoms with Crippen LogP contribution in [0.15, 0.2) is 17.1 Å². The van der Waals surface area contributed by atoms with E-state index in [4.69, 9.17) is 10.5 Å². The normalized spacial score (nSPS) is 20.4. The van der Waals surface area contributed by atoms with Gasteiger partial charge in [-0.15, -0.1) is 0 Å². The topological polar surface area (TPSA) is 54.1 Å². The summed E-state index contributed by atoms with van der Waals surface area (Å²) in [5, 5.41) is 0. The smallest absolute Gasteiger partial charge is 0.202 e. The van der Waals surface area contributed by atoms with Crippen molar-refractivity contribution in [3.63, 3.8) is 0 Å². The predicted molar refractivity (Wildman–Crippen MR) is 70.9 cm³/mol. The van der Waals surface area contributed by atoms with Crippen LogP contribution >= 0.6 is 0 Å². The SMILES string of the molecule is CO/C(N)=C/N=C\CN1CCN(C(C)C)CC1. The van der Waals surface area contributed by atoms with Crippen LogP contribution in [0.1, 0.15) is 13.8 Å². The van der Waals surface area contributed by atoms with Crippen LogP contribution in [-0.4, -0.2) is 61.9 Å². The molecular formula is C12H24N4O. The van der Waals surface area contributed by atoms with E-state index in [1.54, 1.807) is 0 Å². The number of ether oxygens (including phenoxy) is 1. The van der Waals surface area contributed by atoms with Crippen molar-refractivity contribution in [1.82, 2.24) is 9.80 Å². The van der Waals surface area contributed by atoms with Gasteiger partial charge in [0.05, 0.1) is 13.3 Å². The lowest BCUT2D eigenvalue weighted by Crippen LogP contribution is -2.49. The summed E-state index contributed by atoms with van der Waals surface area (Å²) in [6.07, 6.45) is 3.40. The number of aliphatic imine (C=N–C) groups is 1. The van der Waals surface area contributed by atoms with Gasteiger partial charge in [0, 0.05) is 45.0 Å². The molecule has 1 rings (SSSR count). The fourth-order valence-corrected chi connectivity index (χ4v) is 1.80. The summed E-state index contributed by atoms with van der Waals surface area (Å²) in [7, 11) is 1.53. The quantitative estimate of drug-likeness (QED) is 0.561. The second kappa shape index (κ2) is 7.29. The van der Waals surface area contributed by atoms with Crippen LogP contribution in [0.5, 0.6) is 0 Å². The van der Waals surface area contributed by atoms with Crippen LogP contribution in [0.2, 0.25) is 0 Å². The minimum Gasteiger partial charge on any atom is -0.482 e. The maximum Gasteiger partial charge on any atom is 0.202 e. The predicted octanol–water partition coefficient (Wildman–Crippen LogP) is 0.487. The van der Waals surface area contributed by atoms with Gasteiger partial charge in [0.2, 0.25) is 5.88 Å². The fourth-order valence-electron chi connectivity index (χ4n) is 1.80. The zero-order valence-electron chi connectivity index (χ0n) is 11.1. The van der Waals surface area contributed by atoms with Crippen molar-refractivity contribution < 1.29 is 4.74 Å². The molecular weight excluding hydrogens is 216 g/mol. The Morgan fingerprint density at radius 3 is 2.53 bits per heavy atom. The third-order valence-electron chi connectivity index (χ3n) is 3.02. The number of piperazine rings is 1. The molecule has 0 aromatic carbocycles. The first-order valence-corrected chi connectivity index (χ1v) is 6.11. The number of rotatable bonds is 5. The summed E-state index contributed by atoms with van der Waals surface area (Å²) in [4.78, 5) is 8.98. The lowest BCUT2D eigenvalue weighted by molar-refractivity contribution is 0.120. The molecule has 0 aromatic heterocycles. The molecule has 0 atom stereocenters. The molecule has 5 heteroatoms. The summed E-state index contributed by atoms with van der Waals surface area (Å²) in [6, 6.07) is 0.648. The number of methoxy groups -OCH3 is 1. The molecule has 0 unspecified atom stereocenters. The Balaban J connectivity index is 2.22. The maximum atomic E-state index is 5.45. The van der Waals surface area contributed by atoms with E-state index < -0.39 is 0 Å². The molecule has 5 nitrogen and oxygen atoms in total. The highest BCUT2D eigenvalue weighted by molar-refractivity contribution is 5.60. The highest BCUT2D eigenvalue weighted by Crippen LogP contribution is 2.04. The summed E-state index contributed by atoms with van der Waals surface area (Å²) in [5.41, 5.74) is 5.45. The molecule has 2 N–H and O–H groups in total. The molecule has 0 aromatic rings. The molecule has 17 heavy (non-hydrogen) atoms. The summed E-state index contributed by atoms with van der Waals surface area (Å²) < 4.78 is 4.79. The molecule has 1 saturated heterocycles. The highest BCUT2D eigenvalue weighted by Gasteiger charge is 2.17. The summed E-state index contributed by atoms with van der Waals surface area (Å²) >= 11 is 0. The molecule has 1 heterocycles. The van der Waals surface area contributed by atoms with Crippen LogP contribution in [0.3, 0.4) is 0 Å². The first-order chi connectivity index (χ1) is 8.13. The van der Waals surface area contributed by atoms with Gasteiger partial charge in [0.25, 0.3) is 0 Å². The number of nitrogens with zero attached hydrogens (tertiary/aromatic N) is 3. The monoisotopic (exact) mass is 240 g/mol. The van der Waals surface area contributed by atoms with Gasteiger partial charge in [-0.25, -0.2) is 0 Å². The van der Waals surface area contributed by atoms with E-state index in [2.05, 4.69) is 28.6 Å². The van der Waals surface area contributed by atoms with Crippen molar-refractivity contribution in [2.75, 3.05) is 39.8 Å². The van der Waals surface area contributed by atoms with Gasteiger partial charge in [-0.1, -0.05) is 0 Å². The van der Waals surface area contributed by atoms with Crippen LogP contribution in [0.4, 0.5) is 0 Å². The van der Waals surface area contributed by atoms with Gasteiger partial charge in [-0.2, -0.15) is 0 Å². The molecule has 0 amide bonds. The second-order valence-corrected chi connectivity index (χ2v) is 4.50. The van der Waals surface area contributed by atoms with Crippen LogP contribution < -0.4 is 5.73 Å². The fraction of sp³-hybridized carbons (Fsp3) is 0.750. The first kappa shape index (κ1) is 14.0. The van der Waals surface area contributed by atoms with Crippen molar-refractivity contribution in [2.24, 2.45) is 10.7 Å². The van der Waals surface area contributed by atoms with Crippen molar-refractivity contribution in [2.45, 2.75) is 19.9 Å². The van der Waals surface area contributed by atoms with Crippen LogP contribution in [-0.2, 0) is 4.74 Å². The molecule has 0 spiro atoms. The van der Waals surface area contributed by atoms with Crippen molar-refractivity contribution in [3.8, 4) is 0 Å². The third-order valence-corrected chi connectivity index (χ3v) is 3.02. The third kappa shape index (κ3) is 5.19. The average Bonchev–Trinajstić information content (AvgIpc) is 2.34. The van der Waals surface area contributed by atoms with Gasteiger partial charge in [-0.3, -0.25) is 14.8 Å². The minimum absolute atomic E-state index is 0.339. The van der Waals surface area contributed by atoms with Gasteiger partial charge in [-0.05, 0) is 13.8 Å². The van der Waals surface area contributed by atoms with E-state index in [1.165, 1.54) is 13.3 Å². The van der Waals surface area contributed by atoms with E-state index in [1.807, 2.05) is 6.21 Å². The Bertz CT molecular complexity index is 268. The van der Waals surface area contributed by atoms with E-state index in [0.29, 0.717) is 11.9 Å². The molecule has 0 aliphatic carbocycles. The van der Waals surface area contributed by atoms with Gasteiger partial charge in [0.15, 0.2) is 0 Å². The van der Waals surface area contributed by atoms with Gasteiger partial charge in [0.1, 0.15) is 0 Å². The molecule has 98 valence electrons. The highest BCUT2D eigenvalue weighted by atomic mass is 16.5. The Hall–Kier alpha value is -1.07. The lowest BCUT2D eigenvalue weighted by atomic mass is 10.2. The van der Waals surface area contributed by atoms with E-state index in [9.17, 15) is 0 Å². The van der Waals surface area contributed by atoms with Crippen molar-refractivity contribution >= 4 is 6.21 Å². The molecule has 0 bridgehead atoms. The van der Waals surface area contributed by atoms with Gasteiger partial charge < -0.3 is 10.5 Å². The number of hydrogen-bond donors (Lipinski definition) is 1. The molecule has 1 aliphatic rings. The standard InChI is InChI=1S/C12H24N4O/c1-11(2)16-8-6-15(7-9-16)5-4-14-10-12(13)17-3/h4,10-11H,5-9,13H2,1-3H3/b12-10+,14-4-. The summed E-state index contributed by atoms with van der Waals surface area (Å²) in [5.74, 6) is 0.339.